The fourth-order valence-electron chi connectivity index (χ4n) is 2.90. The molecule has 0 saturated carbocycles. The van der Waals surface area contributed by atoms with Crippen LogP contribution in [0.3, 0.4) is 0 Å². The largest absolute Gasteiger partial charge is 0.346 e. The van der Waals surface area contributed by atoms with E-state index < -0.39 is 28.0 Å². The lowest BCUT2D eigenvalue weighted by Gasteiger charge is -2.19. The van der Waals surface area contributed by atoms with Gasteiger partial charge in [-0.25, -0.2) is 12.8 Å². The lowest BCUT2D eigenvalue weighted by molar-refractivity contribution is 0.0940. The van der Waals surface area contributed by atoms with E-state index in [4.69, 9.17) is 10.3 Å². The second kappa shape index (κ2) is 9.05. The van der Waals surface area contributed by atoms with Gasteiger partial charge in [0.1, 0.15) is 5.82 Å². The van der Waals surface area contributed by atoms with Crippen molar-refractivity contribution in [2.75, 3.05) is 17.6 Å². The maximum absolute atomic E-state index is 13.2. The molecule has 3 aromatic rings. The zero-order valence-corrected chi connectivity index (χ0v) is 18.9. The average molecular weight is 462 g/mol. The number of hydrogen-bond acceptors (Lipinski definition) is 7. The molecule has 0 aliphatic rings. The normalized spacial score (nSPS) is 13.4. The van der Waals surface area contributed by atoms with Crippen molar-refractivity contribution in [3.63, 3.8) is 0 Å². The number of anilines is 1. The van der Waals surface area contributed by atoms with E-state index in [0.717, 1.165) is 10.6 Å². The number of aromatic nitrogens is 2. The second-order valence-corrected chi connectivity index (χ2v) is 9.50. The number of benzene rings is 2. The summed E-state index contributed by atoms with van der Waals surface area (Å²) in [5, 5.41) is 6.71. The number of sulfonamides is 1. The van der Waals surface area contributed by atoms with Gasteiger partial charge in [0.15, 0.2) is 0 Å². The van der Waals surface area contributed by atoms with Gasteiger partial charge in [-0.3, -0.25) is 9.10 Å². The van der Waals surface area contributed by atoms with Gasteiger partial charge in [0.25, 0.3) is 5.91 Å². The van der Waals surface area contributed by atoms with Crippen LogP contribution in [0.15, 0.2) is 47.0 Å². The van der Waals surface area contributed by atoms with E-state index in [-0.39, 0.29) is 28.8 Å². The molecule has 1 amide bonds. The van der Waals surface area contributed by atoms with Crippen LogP contribution < -0.4 is 15.4 Å². The first-order valence-corrected chi connectivity index (χ1v) is 11.6. The summed E-state index contributed by atoms with van der Waals surface area (Å²) >= 11 is 0. The Bertz CT molecular complexity index is 1230. The predicted molar refractivity (Wildman–Crippen MR) is 118 cm³/mol. The molecular weight excluding hydrogens is 437 g/mol. The molecule has 0 saturated heterocycles. The monoisotopic (exact) mass is 461 g/mol. The Morgan fingerprint density at radius 3 is 2.41 bits per heavy atom. The van der Waals surface area contributed by atoms with Crippen molar-refractivity contribution in [2.45, 2.75) is 25.9 Å². The first kappa shape index (κ1) is 23.4. The number of nitrogens with one attached hydrogen (secondary N) is 1. The van der Waals surface area contributed by atoms with E-state index in [0.29, 0.717) is 11.1 Å². The van der Waals surface area contributed by atoms with E-state index >= 15 is 0 Å². The van der Waals surface area contributed by atoms with Crippen molar-refractivity contribution < 1.29 is 22.1 Å². The minimum Gasteiger partial charge on any atom is -0.346 e. The molecule has 0 bridgehead atoms. The van der Waals surface area contributed by atoms with Crippen molar-refractivity contribution in [1.82, 2.24) is 15.5 Å². The summed E-state index contributed by atoms with van der Waals surface area (Å²) in [5.41, 5.74) is 7.30. The van der Waals surface area contributed by atoms with Gasteiger partial charge in [0.05, 0.1) is 24.0 Å². The molecule has 0 radical (unpaired) electrons. The van der Waals surface area contributed by atoms with Crippen LogP contribution in [-0.4, -0.2) is 37.8 Å². The second-order valence-electron chi connectivity index (χ2n) is 7.49. The van der Waals surface area contributed by atoms with Crippen LogP contribution in [0.25, 0.3) is 11.4 Å². The molecule has 2 atom stereocenters. The molecule has 1 aromatic heterocycles. The van der Waals surface area contributed by atoms with E-state index in [9.17, 15) is 17.6 Å². The van der Waals surface area contributed by atoms with Crippen molar-refractivity contribution in [3.8, 4) is 11.4 Å². The molecule has 9 nitrogen and oxygen atoms in total. The summed E-state index contributed by atoms with van der Waals surface area (Å²) in [6, 6.07) is 9.38. The quantitative estimate of drug-likeness (QED) is 0.553. The third kappa shape index (κ3) is 5.29. The Hall–Kier alpha value is -3.31. The number of nitrogens with zero attached hydrogens (tertiary/aromatic N) is 3. The first-order chi connectivity index (χ1) is 15.0. The number of nitrogens with two attached hydrogens (primary N) is 1. The van der Waals surface area contributed by atoms with Crippen molar-refractivity contribution >= 4 is 21.6 Å². The molecule has 0 unspecified atom stereocenters. The Labute approximate surface area is 185 Å². The summed E-state index contributed by atoms with van der Waals surface area (Å²) in [4.78, 5) is 17.2. The molecule has 3 N–H and O–H groups in total. The molecule has 0 aliphatic heterocycles. The first-order valence-electron chi connectivity index (χ1n) is 9.70. The highest BCUT2D eigenvalue weighted by molar-refractivity contribution is 7.92. The number of carbonyl (C=O) groups excluding carboxylic acids is 1. The SMILES string of the molecule is C[C@H](N)c1nc(-c2cc(C(=O)N[C@H](C)c3ccc(F)cc3)cc(N(C)S(C)(=O)=O)c2)no1. The van der Waals surface area contributed by atoms with Crippen LogP contribution in [0.2, 0.25) is 0 Å². The number of rotatable bonds is 7. The van der Waals surface area contributed by atoms with E-state index in [1.165, 1.54) is 37.4 Å². The minimum absolute atomic E-state index is 0.168. The smallest absolute Gasteiger partial charge is 0.251 e. The standard InChI is InChI=1S/C21H24FN5O4S/c1-12(23)21-25-19(26-31-21)15-9-16(11-18(10-15)27(3)32(4,29)30)20(28)24-13(2)14-5-7-17(22)8-6-14/h5-13H,23H2,1-4H3,(H,24,28)/t12-,13+/m0/s1. The Kier molecular flexibility index (Phi) is 6.60. The molecule has 0 fully saturated rings. The topological polar surface area (TPSA) is 131 Å². The van der Waals surface area contributed by atoms with Crippen LogP contribution in [0.4, 0.5) is 10.1 Å². The zero-order chi connectivity index (χ0) is 23.6. The maximum atomic E-state index is 13.2. The molecule has 170 valence electrons. The summed E-state index contributed by atoms with van der Waals surface area (Å²) in [5.74, 6) is -0.457. The highest BCUT2D eigenvalue weighted by Crippen LogP contribution is 2.27. The van der Waals surface area contributed by atoms with Crippen LogP contribution >= 0.6 is 0 Å². The van der Waals surface area contributed by atoms with Gasteiger partial charge in [-0.2, -0.15) is 4.98 Å². The van der Waals surface area contributed by atoms with E-state index in [1.54, 1.807) is 26.0 Å². The molecule has 1 heterocycles. The number of halogens is 1. The molecule has 32 heavy (non-hydrogen) atoms. The van der Waals surface area contributed by atoms with Gasteiger partial charge < -0.3 is 15.6 Å². The predicted octanol–water partition coefficient (Wildman–Crippen LogP) is 2.78. The lowest BCUT2D eigenvalue weighted by Crippen LogP contribution is -2.28. The molecule has 0 spiro atoms. The Balaban J connectivity index is 1.99. The van der Waals surface area contributed by atoms with Crippen molar-refractivity contribution in [2.24, 2.45) is 5.73 Å². The fourth-order valence-corrected chi connectivity index (χ4v) is 3.39. The molecule has 2 aromatic carbocycles. The van der Waals surface area contributed by atoms with E-state index in [1.807, 2.05) is 0 Å². The highest BCUT2D eigenvalue weighted by Gasteiger charge is 2.20. The third-order valence-corrected chi connectivity index (χ3v) is 6.05. The van der Waals surface area contributed by atoms with Gasteiger partial charge in [0.2, 0.25) is 21.7 Å². The molecule has 11 heteroatoms. The van der Waals surface area contributed by atoms with Gasteiger partial charge in [0, 0.05) is 18.2 Å². The minimum atomic E-state index is -3.59. The highest BCUT2D eigenvalue weighted by atomic mass is 32.2. The lowest BCUT2D eigenvalue weighted by atomic mass is 10.1. The summed E-state index contributed by atoms with van der Waals surface area (Å²) in [7, 11) is -2.22. The van der Waals surface area contributed by atoms with Gasteiger partial charge in [-0.15, -0.1) is 0 Å². The Morgan fingerprint density at radius 2 is 1.84 bits per heavy atom. The van der Waals surface area contributed by atoms with Crippen LogP contribution in [0.5, 0.6) is 0 Å². The fraction of sp³-hybridized carbons (Fsp3) is 0.286. The molecule has 3 rings (SSSR count). The molecular formula is C21H24FN5O4S. The van der Waals surface area contributed by atoms with Crippen molar-refractivity contribution in [1.29, 1.82) is 0 Å². The molecule has 0 aliphatic carbocycles. The zero-order valence-electron chi connectivity index (χ0n) is 18.0. The van der Waals surface area contributed by atoms with Crippen LogP contribution in [0.1, 0.15) is 47.7 Å². The average Bonchev–Trinajstić information content (AvgIpc) is 3.23. The van der Waals surface area contributed by atoms with Gasteiger partial charge >= 0.3 is 0 Å². The third-order valence-electron chi connectivity index (χ3n) is 4.85. The summed E-state index contributed by atoms with van der Waals surface area (Å²) in [6.45, 7) is 3.44. The summed E-state index contributed by atoms with van der Waals surface area (Å²) in [6.07, 6.45) is 1.05. The van der Waals surface area contributed by atoms with Crippen LogP contribution in [0, 0.1) is 5.82 Å². The van der Waals surface area contributed by atoms with Gasteiger partial charge in [-0.1, -0.05) is 17.3 Å². The van der Waals surface area contributed by atoms with E-state index in [2.05, 4.69) is 15.5 Å². The van der Waals surface area contributed by atoms with Crippen LogP contribution in [-0.2, 0) is 10.0 Å². The summed E-state index contributed by atoms with van der Waals surface area (Å²) < 4.78 is 43.5. The Morgan fingerprint density at radius 1 is 1.19 bits per heavy atom. The number of hydrogen-bond donors (Lipinski definition) is 2. The number of carbonyl (C=O) groups is 1. The number of amides is 1. The van der Waals surface area contributed by atoms with Gasteiger partial charge in [-0.05, 0) is 49.7 Å². The maximum Gasteiger partial charge on any atom is 0.251 e. The van der Waals surface area contributed by atoms with Crippen molar-refractivity contribution in [3.05, 3.63) is 65.3 Å².